The number of hydrogen-bond acceptors (Lipinski definition) is 6. The molecule has 0 saturated heterocycles. The molecule has 6 nitrogen and oxygen atoms in total. The molecule has 0 saturated carbocycles. The molecule has 174 valence electrons. The lowest BCUT2D eigenvalue weighted by Crippen LogP contribution is -2.38. The Morgan fingerprint density at radius 1 is 1.18 bits per heavy atom. The minimum absolute atomic E-state index is 0.0954. The van der Waals surface area contributed by atoms with Gasteiger partial charge in [0.05, 0.1) is 23.7 Å². The number of benzene rings is 2. The fourth-order valence-electron chi connectivity index (χ4n) is 4.02. The van der Waals surface area contributed by atoms with Crippen LogP contribution in [0.5, 0.6) is 0 Å². The number of hydrogen-bond donors (Lipinski definition) is 1. The summed E-state index contributed by atoms with van der Waals surface area (Å²) in [7, 11) is 0. The highest BCUT2D eigenvalue weighted by molar-refractivity contribution is 8.16. The maximum absolute atomic E-state index is 13.1. The Morgan fingerprint density at radius 3 is 2.71 bits per heavy atom. The van der Waals surface area contributed by atoms with Gasteiger partial charge in [0.2, 0.25) is 5.91 Å². The summed E-state index contributed by atoms with van der Waals surface area (Å²) in [6, 6.07) is 17.4. The monoisotopic (exact) mass is 473 g/mol. The summed E-state index contributed by atoms with van der Waals surface area (Å²) in [5.74, 6) is -0.529. The lowest BCUT2D eigenvalue weighted by Gasteiger charge is -2.36. The number of carbonyl (C=O) groups is 2. The first-order chi connectivity index (χ1) is 16.5. The van der Waals surface area contributed by atoms with Gasteiger partial charge < -0.3 is 15.0 Å². The number of esters is 1. The van der Waals surface area contributed by atoms with E-state index in [9.17, 15) is 9.59 Å². The molecular formula is C27H27N3O3S. The molecule has 1 atom stereocenters. The van der Waals surface area contributed by atoms with Crippen molar-refractivity contribution in [3.63, 3.8) is 0 Å². The molecule has 7 heteroatoms. The minimum Gasteiger partial charge on any atom is -0.458 e. The molecule has 34 heavy (non-hydrogen) atoms. The number of aryl methyl sites for hydroxylation is 1. The molecule has 1 amide bonds. The first-order valence-electron chi connectivity index (χ1n) is 11.1. The molecule has 0 fully saturated rings. The van der Waals surface area contributed by atoms with Crippen molar-refractivity contribution in [1.29, 1.82) is 0 Å². The number of amidine groups is 1. The number of thioether (sulfide) groups is 1. The highest BCUT2D eigenvalue weighted by Gasteiger charge is 2.41. The Hall–Kier alpha value is -3.58. The molecule has 2 aliphatic rings. The summed E-state index contributed by atoms with van der Waals surface area (Å²) >= 11 is 1.46. The van der Waals surface area contributed by atoms with E-state index in [2.05, 4.69) is 23.0 Å². The number of carbonyl (C=O) groups excluding carboxylic acids is 2. The molecule has 2 aliphatic heterocycles. The van der Waals surface area contributed by atoms with E-state index in [0.717, 1.165) is 27.6 Å². The first-order valence-corrected chi connectivity index (χ1v) is 12.0. The van der Waals surface area contributed by atoms with Crippen LogP contribution < -0.4 is 5.32 Å². The molecule has 0 bridgehead atoms. The zero-order valence-electron chi connectivity index (χ0n) is 19.3. The van der Waals surface area contributed by atoms with Crippen molar-refractivity contribution in [3.8, 4) is 0 Å². The van der Waals surface area contributed by atoms with E-state index in [-0.39, 0.29) is 18.9 Å². The lowest BCUT2D eigenvalue weighted by molar-refractivity contribution is -0.138. The quantitative estimate of drug-likeness (QED) is 0.431. The molecule has 2 aromatic rings. The highest BCUT2D eigenvalue weighted by Crippen LogP contribution is 2.44. The fourth-order valence-corrected chi connectivity index (χ4v) is 4.99. The molecular weight excluding hydrogens is 446 g/mol. The van der Waals surface area contributed by atoms with E-state index in [1.807, 2.05) is 72.7 Å². The van der Waals surface area contributed by atoms with Crippen molar-refractivity contribution in [2.24, 2.45) is 4.99 Å². The van der Waals surface area contributed by atoms with E-state index in [1.165, 1.54) is 11.8 Å². The minimum atomic E-state index is -0.437. The van der Waals surface area contributed by atoms with Crippen LogP contribution in [0.15, 0.2) is 94.6 Å². The van der Waals surface area contributed by atoms with E-state index in [1.54, 1.807) is 6.08 Å². The predicted octanol–water partition coefficient (Wildman–Crippen LogP) is 5.01. The lowest BCUT2D eigenvalue weighted by atomic mass is 9.93. The van der Waals surface area contributed by atoms with Gasteiger partial charge in [-0.1, -0.05) is 84.6 Å². The van der Waals surface area contributed by atoms with Crippen molar-refractivity contribution in [3.05, 3.63) is 106 Å². The van der Waals surface area contributed by atoms with Gasteiger partial charge in [-0.15, -0.1) is 0 Å². The van der Waals surface area contributed by atoms with Crippen molar-refractivity contribution >= 4 is 28.8 Å². The van der Waals surface area contributed by atoms with Crippen LogP contribution in [0.1, 0.15) is 36.1 Å². The van der Waals surface area contributed by atoms with Gasteiger partial charge in [-0.05, 0) is 30.4 Å². The van der Waals surface area contributed by atoms with Crippen molar-refractivity contribution < 1.29 is 14.3 Å². The molecule has 0 aromatic heterocycles. The molecule has 4 rings (SSSR count). The van der Waals surface area contributed by atoms with E-state index >= 15 is 0 Å². The predicted molar refractivity (Wildman–Crippen MR) is 136 cm³/mol. The van der Waals surface area contributed by atoms with Crippen LogP contribution in [0.4, 0.5) is 0 Å². The molecule has 0 spiro atoms. The maximum Gasteiger partial charge on any atom is 0.338 e. The Labute approximate surface area is 204 Å². The van der Waals surface area contributed by atoms with Gasteiger partial charge in [0.15, 0.2) is 5.17 Å². The van der Waals surface area contributed by atoms with E-state index < -0.39 is 12.0 Å². The third kappa shape index (κ3) is 5.15. The number of ether oxygens (including phenoxy) is 1. The topological polar surface area (TPSA) is 71.0 Å². The number of rotatable bonds is 8. The average molecular weight is 474 g/mol. The molecule has 2 heterocycles. The third-order valence-electron chi connectivity index (χ3n) is 5.58. The zero-order valence-corrected chi connectivity index (χ0v) is 20.1. The van der Waals surface area contributed by atoms with Gasteiger partial charge >= 0.3 is 5.97 Å². The molecule has 2 aromatic carbocycles. The summed E-state index contributed by atoms with van der Waals surface area (Å²) in [6.45, 7) is 8.05. The van der Waals surface area contributed by atoms with Crippen LogP contribution in [-0.2, 0) is 20.9 Å². The number of amides is 1. The van der Waals surface area contributed by atoms with Crippen LogP contribution in [0.3, 0.4) is 0 Å². The largest absolute Gasteiger partial charge is 0.458 e. The number of nitrogens with zero attached hydrogens (tertiary/aromatic N) is 2. The van der Waals surface area contributed by atoms with E-state index in [0.29, 0.717) is 17.8 Å². The van der Waals surface area contributed by atoms with Gasteiger partial charge in [-0.3, -0.25) is 4.79 Å². The van der Waals surface area contributed by atoms with Gasteiger partial charge in [-0.2, -0.15) is 0 Å². The second kappa shape index (κ2) is 10.6. The Balaban J connectivity index is 1.61. The van der Waals surface area contributed by atoms with Gasteiger partial charge in [0, 0.05) is 12.2 Å². The third-order valence-corrected chi connectivity index (χ3v) is 6.47. The fraction of sp³-hybridized carbons (Fsp3) is 0.222. The molecule has 0 aliphatic carbocycles. The number of fused-ring (bicyclic) bond motifs is 1. The molecule has 0 radical (unpaired) electrons. The van der Waals surface area contributed by atoms with Crippen LogP contribution in [0.25, 0.3) is 0 Å². The molecule has 1 N–H and O–H groups in total. The highest BCUT2D eigenvalue weighted by atomic mass is 32.2. The van der Waals surface area contributed by atoms with E-state index in [4.69, 9.17) is 4.74 Å². The summed E-state index contributed by atoms with van der Waals surface area (Å²) in [4.78, 5) is 32.6. The SMILES string of the molecule is C=CCOC(=O)C1=C(C)N=C2SC=C(CC(=O)NCc3ccccc3)N2C1c1cccc(C)c1. The Bertz CT molecular complexity index is 1200. The van der Waals surface area contributed by atoms with Gasteiger partial charge in [0.25, 0.3) is 0 Å². The average Bonchev–Trinajstić information content (AvgIpc) is 3.22. The van der Waals surface area contributed by atoms with Gasteiger partial charge in [0.1, 0.15) is 6.61 Å². The number of nitrogens with one attached hydrogen (secondary N) is 1. The standard InChI is InChI=1S/C27H27N3O3S/c1-4-13-33-26(32)24-19(3)29-27-30(25(24)21-12-8-9-18(2)14-21)22(17-34-27)15-23(31)28-16-20-10-6-5-7-11-20/h4-12,14,17,25H,1,13,15-16H2,2-3H3,(H,28,31). The van der Waals surface area contributed by atoms with Gasteiger partial charge in [-0.25, -0.2) is 9.79 Å². The van der Waals surface area contributed by atoms with Crippen LogP contribution in [0.2, 0.25) is 0 Å². The van der Waals surface area contributed by atoms with Crippen LogP contribution in [0, 0.1) is 6.92 Å². The van der Waals surface area contributed by atoms with Crippen LogP contribution in [-0.4, -0.2) is 28.6 Å². The summed E-state index contributed by atoms with van der Waals surface area (Å²) in [5, 5.41) is 5.67. The normalized spacial score (nSPS) is 17.0. The maximum atomic E-state index is 13.1. The second-order valence-corrected chi connectivity index (χ2v) is 8.97. The Morgan fingerprint density at radius 2 is 1.97 bits per heavy atom. The summed E-state index contributed by atoms with van der Waals surface area (Å²) < 4.78 is 5.42. The number of aliphatic imine (C=N–C) groups is 1. The second-order valence-electron chi connectivity index (χ2n) is 8.13. The van der Waals surface area contributed by atoms with Crippen molar-refractivity contribution in [1.82, 2.24) is 10.2 Å². The summed E-state index contributed by atoms with van der Waals surface area (Å²) in [6.07, 6.45) is 1.72. The number of allylic oxidation sites excluding steroid dienone is 1. The molecule has 1 unspecified atom stereocenters. The smallest absolute Gasteiger partial charge is 0.338 e. The zero-order chi connectivity index (χ0) is 24.1. The van der Waals surface area contributed by atoms with Crippen molar-refractivity contribution in [2.45, 2.75) is 32.9 Å². The Kier molecular flexibility index (Phi) is 7.33. The van der Waals surface area contributed by atoms with Crippen LogP contribution >= 0.6 is 11.8 Å². The van der Waals surface area contributed by atoms with Crippen molar-refractivity contribution in [2.75, 3.05) is 6.61 Å². The first kappa shape index (κ1) is 23.6. The summed E-state index contributed by atoms with van der Waals surface area (Å²) in [5.41, 5.74) is 4.93.